The molecular weight excluding hydrogens is 324 g/mol. The van der Waals surface area contributed by atoms with E-state index in [2.05, 4.69) is 10.6 Å². The number of nitrogens with one attached hydrogen (secondary N) is 2. The van der Waals surface area contributed by atoms with Crippen molar-refractivity contribution in [2.45, 2.75) is 26.2 Å². The number of fused-ring (bicyclic) bond motifs is 1. The molecule has 0 saturated carbocycles. The molecule has 0 heterocycles. The molecular formula is C18H20N2O3S. The van der Waals surface area contributed by atoms with Gasteiger partial charge >= 0.3 is 5.97 Å². The number of esters is 1. The Bertz CT molecular complexity index is 746. The third-order valence-electron chi connectivity index (χ3n) is 3.28. The molecule has 0 aliphatic heterocycles. The van der Waals surface area contributed by atoms with E-state index in [4.69, 9.17) is 17.0 Å². The van der Waals surface area contributed by atoms with Crippen LogP contribution in [0.15, 0.2) is 42.5 Å². The highest BCUT2D eigenvalue weighted by atomic mass is 32.1. The molecule has 1 amide bonds. The Labute approximate surface area is 146 Å². The van der Waals surface area contributed by atoms with Gasteiger partial charge < -0.3 is 15.4 Å². The van der Waals surface area contributed by atoms with Crippen LogP contribution in [0.25, 0.3) is 10.8 Å². The Morgan fingerprint density at radius 2 is 1.83 bits per heavy atom. The summed E-state index contributed by atoms with van der Waals surface area (Å²) in [5.74, 6) is -0.692. The number of hydrogen-bond acceptors (Lipinski definition) is 4. The summed E-state index contributed by atoms with van der Waals surface area (Å²) in [6.07, 6.45) is 0.851. The largest absolute Gasteiger partial charge is 0.466 e. The number of carbonyl (C=O) groups excluding carboxylic acids is 2. The maximum atomic E-state index is 11.8. The number of amides is 1. The van der Waals surface area contributed by atoms with E-state index in [-0.39, 0.29) is 29.8 Å². The summed E-state index contributed by atoms with van der Waals surface area (Å²) >= 11 is 5.13. The van der Waals surface area contributed by atoms with Crippen LogP contribution in [0.2, 0.25) is 0 Å². The van der Waals surface area contributed by atoms with Gasteiger partial charge in [0.05, 0.1) is 13.0 Å². The lowest BCUT2D eigenvalue weighted by Crippen LogP contribution is -2.34. The van der Waals surface area contributed by atoms with Gasteiger partial charge in [-0.25, -0.2) is 0 Å². The van der Waals surface area contributed by atoms with Crippen molar-refractivity contribution in [3.05, 3.63) is 42.5 Å². The molecule has 2 aromatic rings. The number of thiocarbonyl (C=S) groups is 1. The van der Waals surface area contributed by atoms with Crippen molar-refractivity contribution < 1.29 is 14.3 Å². The van der Waals surface area contributed by atoms with Gasteiger partial charge in [-0.05, 0) is 41.5 Å². The van der Waals surface area contributed by atoms with Gasteiger partial charge in [0, 0.05) is 12.1 Å². The summed E-state index contributed by atoms with van der Waals surface area (Å²) in [6, 6.07) is 13.8. The normalized spacial score (nSPS) is 10.2. The minimum absolute atomic E-state index is 0.0437. The number of carbonyl (C=O) groups is 2. The first-order valence-corrected chi connectivity index (χ1v) is 8.24. The molecule has 0 bridgehead atoms. The van der Waals surface area contributed by atoms with E-state index in [1.165, 1.54) is 0 Å². The number of anilines is 1. The molecule has 126 valence electrons. The highest BCUT2D eigenvalue weighted by molar-refractivity contribution is 7.80. The number of benzene rings is 2. The minimum Gasteiger partial charge on any atom is -0.466 e. The molecule has 0 radical (unpaired) electrons. The zero-order valence-electron chi connectivity index (χ0n) is 13.5. The minimum atomic E-state index is -0.375. The van der Waals surface area contributed by atoms with E-state index in [9.17, 15) is 9.59 Å². The molecule has 0 aromatic heterocycles. The fourth-order valence-electron chi connectivity index (χ4n) is 2.12. The van der Waals surface area contributed by atoms with Crippen LogP contribution in [-0.2, 0) is 14.3 Å². The van der Waals surface area contributed by atoms with Crippen LogP contribution < -0.4 is 10.6 Å². The topological polar surface area (TPSA) is 67.4 Å². The Morgan fingerprint density at radius 1 is 1.08 bits per heavy atom. The van der Waals surface area contributed by atoms with Gasteiger partial charge in [-0.3, -0.25) is 9.59 Å². The first kappa shape index (κ1) is 17.9. The summed E-state index contributed by atoms with van der Waals surface area (Å²) in [7, 11) is 0. The van der Waals surface area contributed by atoms with Gasteiger partial charge in [-0.2, -0.15) is 0 Å². The molecule has 6 heteroatoms. The predicted octanol–water partition coefficient (Wildman–Crippen LogP) is 3.39. The molecule has 2 N–H and O–H groups in total. The van der Waals surface area contributed by atoms with E-state index in [0.29, 0.717) is 6.61 Å². The molecule has 0 spiro atoms. The first-order valence-electron chi connectivity index (χ1n) is 7.83. The Kier molecular flexibility index (Phi) is 6.69. The zero-order valence-corrected chi connectivity index (χ0v) is 14.3. The van der Waals surface area contributed by atoms with E-state index in [1.54, 1.807) is 0 Å². The molecule has 0 unspecified atom stereocenters. The third kappa shape index (κ3) is 5.62. The van der Waals surface area contributed by atoms with Crippen LogP contribution in [0.4, 0.5) is 5.69 Å². The number of ether oxygens (including phenoxy) is 1. The Morgan fingerprint density at radius 3 is 2.58 bits per heavy atom. The van der Waals surface area contributed by atoms with E-state index >= 15 is 0 Å². The molecule has 2 aromatic carbocycles. The summed E-state index contributed by atoms with van der Waals surface area (Å²) in [6.45, 7) is 2.29. The molecule has 0 aliphatic rings. The van der Waals surface area contributed by atoms with Crippen molar-refractivity contribution in [3.63, 3.8) is 0 Å². The fourth-order valence-corrected chi connectivity index (χ4v) is 2.35. The van der Waals surface area contributed by atoms with Crippen LogP contribution in [0.1, 0.15) is 26.2 Å². The van der Waals surface area contributed by atoms with Gasteiger partial charge in [-0.1, -0.05) is 37.3 Å². The van der Waals surface area contributed by atoms with Crippen molar-refractivity contribution >= 4 is 45.7 Å². The zero-order chi connectivity index (χ0) is 17.4. The summed E-state index contributed by atoms with van der Waals surface area (Å²) in [5.41, 5.74) is 0.793. The molecule has 0 saturated heterocycles. The van der Waals surface area contributed by atoms with E-state index < -0.39 is 0 Å². The summed E-state index contributed by atoms with van der Waals surface area (Å²) in [4.78, 5) is 23.1. The standard InChI is InChI=1S/C18H20N2O3S/c1-2-11-23-17(22)10-9-16(21)20-18(24)19-15-8-7-13-5-3-4-6-14(13)12-15/h3-8,12H,2,9-11H2,1H3,(H2,19,20,21,24). The second-order valence-corrected chi connectivity index (χ2v) is 5.69. The number of rotatable bonds is 6. The molecule has 5 nitrogen and oxygen atoms in total. The highest BCUT2D eigenvalue weighted by Gasteiger charge is 2.09. The quantitative estimate of drug-likeness (QED) is 0.621. The smallest absolute Gasteiger partial charge is 0.306 e. The van der Waals surface area contributed by atoms with Crippen LogP contribution in [-0.4, -0.2) is 23.6 Å². The SMILES string of the molecule is CCCOC(=O)CCC(=O)NC(=S)Nc1ccc2ccccc2c1. The second-order valence-electron chi connectivity index (χ2n) is 5.28. The highest BCUT2D eigenvalue weighted by Crippen LogP contribution is 2.18. The molecule has 0 fully saturated rings. The van der Waals surface area contributed by atoms with Gasteiger partial charge in [0.15, 0.2) is 5.11 Å². The monoisotopic (exact) mass is 344 g/mol. The average molecular weight is 344 g/mol. The summed E-state index contributed by atoms with van der Waals surface area (Å²) in [5, 5.41) is 7.94. The van der Waals surface area contributed by atoms with Crippen LogP contribution in [0.3, 0.4) is 0 Å². The van der Waals surface area contributed by atoms with Crippen LogP contribution in [0.5, 0.6) is 0 Å². The Balaban J connectivity index is 1.81. The Hall–Kier alpha value is -2.47. The van der Waals surface area contributed by atoms with Crippen LogP contribution >= 0.6 is 12.2 Å². The van der Waals surface area contributed by atoms with E-state index in [1.807, 2.05) is 49.4 Å². The lowest BCUT2D eigenvalue weighted by atomic mass is 10.1. The van der Waals surface area contributed by atoms with Crippen molar-refractivity contribution in [2.24, 2.45) is 0 Å². The lowest BCUT2D eigenvalue weighted by Gasteiger charge is -2.10. The fraction of sp³-hybridized carbons (Fsp3) is 0.278. The predicted molar refractivity (Wildman–Crippen MR) is 98.8 cm³/mol. The van der Waals surface area contributed by atoms with Crippen molar-refractivity contribution in [2.75, 3.05) is 11.9 Å². The third-order valence-corrected chi connectivity index (χ3v) is 3.49. The van der Waals surface area contributed by atoms with Crippen molar-refractivity contribution in [3.8, 4) is 0 Å². The first-order chi connectivity index (χ1) is 11.6. The second kappa shape index (κ2) is 8.98. The van der Waals surface area contributed by atoms with Gasteiger partial charge in [0.2, 0.25) is 5.91 Å². The molecule has 0 atom stereocenters. The number of hydrogen-bond donors (Lipinski definition) is 2. The van der Waals surface area contributed by atoms with Crippen molar-refractivity contribution in [1.29, 1.82) is 0 Å². The summed E-state index contributed by atoms with van der Waals surface area (Å²) < 4.78 is 4.92. The average Bonchev–Trinajstić information content (AvgIpc) is 2.58. The maximum absolute atomic E-state index is 11.8. The molecule has 0 aliphatic carbocycles. The van der Waals surface area contributed by atoms with Gasteiger partial charge in [0.25, 0.3) is 0 Å². The van der Waals surface area contributed by atoms with Crippen LogP contribution in [0, 0.1) is 0 Å². The van der Waals surface area contributed by atoms with E-state index in [0.717, 1.165) is 22.9 Å². The van der Waals surface area contributed by atoms with Gasteiger partial charge in [-0.15, -0.1) is 0 Å². The van der Waals surface area contributed by atoms with Crippen molar-refractivity contribution in [1.82, 2.24) is 5.32 Å². The maximum Gasteiger partial charge on any atom is 0.306 e. The molecule has 2 rings (SSSR count). The lowest BCUT2D eigenvalue weighted by molar-refractivity contribution is -0.144. The molecule has 24 heavy (non-hydrogen) atoms. The van der Waals surface area contributed by atoms with Gasteiger partial charge in [0.1, 0.15) is 0 Å².